The molecule has 4 aliphatic rings. The first-order chi connectivity index (χ1) is 13.0. The molecular formula is C23H32O5. The van der Waals surface area contributed by atoms with E-state index in [0.29, 0.717) is 31.5 Å². The van der Waals surface area contributed by atoms with Crippen molar-refractivity contribution >= 4 is 23.3 Å². The summed E-state index contributed by atoms with van der Waals surface area (Å²) in [6.07, 6.45) is 5.44. The van der Waals surface area contributed by atoms with Gasteiger partial charge in [0.25, 0.3) is 0 Å². The second-order valence-corrected chi connectivity index (χ2v) is 10.4. The Morgan fingerprint density at radius 3 is 2.36 bits per heavy atom. The summed E-state index contributed by atoms with van der Waals surface area (Å²) >= 11 is 0. The molecule has 0 unspecified atom stereocenters. The van der Waals surface area contributed by atoms with Gasteiger partial charge >= 0.3 is 5.97 Å². The van der Waals surface area contributed by atoms with Crippen molar-refractivity contribution in [1.82, 2.24) is 0 Å². The molecule has 0 aliphatic heterocycles. The molecule has 0 aromatic carbocycles. The third kappa shape index (κ3) is 2.57. The maximum Gasteiger partial charge on any atom is 0.303 e. The topological polar surface area (TPSA) is 77.5 Å². The summed E-state index contributed by atoms with van der Waals surface area (Å²) in [5.41, 5.74) is -1.43. The highest BCUT2D eigenvalue weighted by Crippen LogP contribution is 2.65. The lowest BCUT2D eigenvalue weighted by Gasteiger charge is -2.60. The van der Waals surface area contributed by atoms with Crippen molar-refractivity contribution < 1.29 is 23.9 Å². The van der Waals surface area contributed by atoms with E-state index in [1.165, 1.54) is 13.8 Å². The Hall–Kier alpha value is -1.52. The van der Waals surface area contributed by atoms with Crippen LogP contribution in [0.25, 0.3) is 0 Å². The maximum absolute atomic E-state index is 13.3. The largest absolute Gasteiger partial charge is 0.451 e. The molecule has 5 nitrogen and oxygen atoms in total. The molecule has 0 N–H and O–H groups in total. The number of rotatable bonds is 2. The van der Waals surface area contributed by atoms with Crippen molar-refractivity contribution in [2.75, 3.05) is 0 Å². The predicted molar refractivity (Wildman–Crippen MR) is 102 cm³/mol. The fourth-order valence-electron chi connectivity index (χ4n) is 7.44. The van der Waals surface area contributed by atoms with Gasteiger partial charge in [-0.25, -0.2) is 0 Å². The summed E-state index contributed by atoms with van der Waals surface area (Å²) < 4.78 is 5.56. The second kappa shape index (κ2) is 6.24. The minimum Gasteiger partial charge on any atom is -0.451 e. The smallest absolute Gasteiger partial charge is 0.303 e. The Balaban J connectivity index is 1.66. The number of esters is 1. The molecule has 154 valence electrons. The Morgan fingerprint density at radius 2 is 1.71 bits per heavy atom. The molecule has 4 rings (SSSR count). The van der Waals surface area contributed by atoms with Crippen molar-refractivity contribution in [3.05, 3.63) is 0 Å². The number of hydrogen-bond donors (Lipinski definition) is 0. The molecule has 5 heteroatoms. The molecule has 28 heavy (non-hydrogen) atoms. The van der Waals surface area contributed by atoms with Crippen LogP contribution in [0.2, 0.25) is 0 Å². The molecule has 0 aromatic rings. The SMILES string of the molecule is CC(=O)O[C@]1(C(C)=O)CC[C@@]2(C)[C@@H](CC(=O)[C@@H]3[C@H]4CCC(=O)[C@@]4(C)CC[C@@H]32)C1. The first-order valence-corrected chi connectivity index (χ1v) is 10.8. The van der Waals surface area contributed by atoms with E-state index in [1.54, 1.807) is 0 Å². The zero-order valence-electron chi connectivity index (χ0n) is 17.5. The highest BCUT2D eigenvalue weighted by molar-refractivity contribution is 5.91. The molecule has 4 aliphatic carbocycles. The summed E-state index contributed by atoms with van der Waals surface area (Å²) in [4.78, 5) is 50.0. The number of carbonyl (C=O) groups excluding carboxylic acids is 4. The van der Waals surface area contributed by atoms with Gasteiger partial charge in [0, 0.05) is 31.1 Å². The lowest BCUT2D eigenvalue weighted by molar-refractivity contribution is -0.187. The molecule has 0 spiro atoms. The summed E-state index contributed by atoms with van der Waals surface area (Å²) in [7, 11) is 0. The molecule has 0 saturated heterocycles. The first-order valence-electron chi connectivity index (χ1n) is 10.8. The molecule has 0 heterocycles. The number of fused-ring (bicyclic) bond motifs is 5. The van der Waals surface area contributed by atoms with Crippen LogP contribution in [0.4, 0.5) is 0 Å². The van der Waals surface area contributed by atoms with Crippen molar-refractivity contribution in [3.8, 4) is 0 Å². The van der Waals surface area contributed by atoms with Gasteiger partial charge in [-0.2, -0.15) is 0 Å². The highest BCUT2D eigenvalue weighted by Gasteiger charge is 2.64. The van der Waals surface area contributed by atoms with Crippen molar-refractivity contribution in [2.45, 2.75) is 84.7 Å². The average Bonchev–Trinajstić information content (AvgIpc) is 2.91. The summed E-state index contributed by atoms with van der Waals surface area (Å²) in [5.74, 6) is 0.533. The van der Waals surface area contributed by atoms with Crippen LogP contribution in [-0.2, 0) is 23.9 Å². The van der Waals surface area contributed by atoms with E-state index in [0.717, 1.165) is 25.7 Å². The van der Waals surface area contributed by atoms with Gasteiger partial charge in [0.05, 0.1) is 0 Å². The van der Waals surface area contributed by atoms with Crippen LogP contribution < -0.4 is 0 Å². The van der Waals surface area contributed by atoms with Crippen LogP contribution in [0.3, 0.4) is 0 Å². The lowest BCUT2D eigenvalue weighted by Crippen LogP contribution is -2.60. The van der Waals surface area contributed by atoms with Crippen LogP contribution in [0.5, 0.6) is 0 Å². The highest BCUT2D eigenvalue weighted by atomic mass is 16.6. The van der Waals surface area contributed by atoms with Crippen LogP contribution in [0.1, 0.15) is 79.1 Å². The van der Waals surface area contributed by atoms with E-state index in [4.69, 9.17) is 4.74 Å². The van der Waals surface area contributed by atoms with Crippen LogP contribution in [0.15, 0.2) is 0 Å². The average molecular weight is 389 g/mol. The van der Waals surface area contributed by atoms with Crippen molar-refractivity contribution in [1.29, 1.82) is 0 Å². The van der Waals surface area contributed by atoms with E-state index in [1.807, 2.05) is 0 Å². The van der Waals surface area contributed by atoms with Gasteiger partial charge in [0.1, 0.15) is 11.6 Å². The lowest BCUT2D eigenvalue weighted by atomic mass is 9.44. The van der Waals surface area contributed by atoms with Gasteiger partial charge in [0.2, 0.25) is 0 Å². The first kappa shape index (κ1) is 19.8. The molecule has 7 atom stereocenters. The number of ether oxygens (including phenoxy) is 1. The number of hydrogen-bond acceptors (Lipinski definition) is 5. The van der Waals surface area contributed by atoms with E-state index >= 15 is 0 Å². The maximum atomic E-state index is 13.3. The summed E-state index contributed by atoms with van der Waals surface area (Å²) in [5, 5.41) is 0. The Labute approximate surface area is 167 Å². The zero-order chi connectivity index (χ0) is 20.5. The molecule has 0 aromatic heterocycles. The van der Waals surface area contributed by atoms with Gasteiger partial charge in [0.15, 0.2) is 11.4 Å². The summed E-state index contributed by atoms with van der Waals surface area (Å²) in [6, 6.07) is 0. The monoisotopic (exact) mass is 388 g/mol. The van der Waals surface area contributed by atoms with E-state index in [9.17, 15) is 19.2 Å². The van der Waals surface area contributed by atoms with E-state index in [2.05, 4.69) is 13.8 Å². The standard InChI is InChI=1S/C23H32O5/c1-13(24)23(28-14(2)25)10-9-21(3)15(12-23)11-18(26)20-16-5-6-19(27)22(16,4)8-7-17(20)21/h15-17,20H,5-12H2,1-4H3/t15-,16+,17-,20+,21-,22-,23+/m0/s1. The van der Waals surface area contributed by atoms with Crippen LogP contribution >= 0.6 is 0 Å². The second-order valence-electron chi connectivity index (χ2n) is 10.4. The predicted octanol–water partition coefficient (Wildman–Crippen LogP) is 3.67. The van der Waals surface area contributed by atoms with E-state index < -0.39 is 11.6 Å². The normalized spacial score (nSPS) is 47.7. The Kier molecular flexibility index (Phi) is 4.41. The van der Waals surface area contributed by atoms with Crippen molar-refractivity contribution in [3.63, 3.8) is 0 Å². The van der Waals surface area contributed by atoms with Crippen LogP contribution in [0, 0.1) is 34.5 Å². The molecule has 0 bridgehead atoms. The van der Waals surface area contributed by atoms with Gasteiger partial charge in [-0.1, -0.05) is 13.8 Å². The third-order valence-corrected chi connectivity index (χ3v) is 9.20. The van der Waals surface area contributed by atoms with Gasteiger partial charge in [-0.3, -0.25) is 19.2 Å². The van der Waals surface area contributed by atoms with E-state index in [-0.39, 0.29) is 46.1 Å². The van der Waals surface area contributed by atoms with Gasteiger partial charge < -0.3 is 4.74 Å². The number of carbonyl (C=O) groups is 4. The summed E-state index contributed by atoms with van der Waals surface area (Å²) in [6.45, 7) is 7.20. The number of Topliss-reactive ketones (excluding diaryl/α,β-unsaturated/α-hetero) is 3. The molecule has 4 fully saturated rings. The van der Waals surface area contributed by atoms with Gasteiger partial charge in [-0.15, -0.1) is 0 Å². The minimum absolute atomic E-state index is 0.0231. The fourth-order valence-corrected chi connectivity index (χ4v) is 7.44. The zero-order valence-corrected chi connectivity index (χ0v) is 17.5. The van der Waals surface area contributed by atoms with Crippen molar-refractivity contribution in [2.24, 2.45) is 34.5 Å². The van der Waals surface area contributed by atoms with Crippen LogP contribution in [-0.4, -0.2) is 28.9 Å². The Morgan fingerprint density at radius 1 is 1.00 bits per heavy atom. The van der Waals surface area contributed by atoms with Gasteiger partial charge in [-0.05, 0) is 68.6 Å². The molecule has 4 saturated carbocycles. The minimum atomic E-state index is -1.07. The molecule has 0 radical (unpaired) electrons. The molecule has 0 amide bonds. The Bertz CT molecular complexity index is 756. The molecular weight excluding hydrogens is 356 g/mol. The number of ketones is 3. The fraction of sp³-hybridized carbons (Fsp3) is 0.826. The third-order valence-electron chi connectivity index (χ3n) is 9.20. The quantitative estimate of drug-likeness (QED) is 0.675.